The average molecular weight is 548 g/mol. The van der Waals surface area contributed by atoms with E-state index < -0.39 is 11.9 Å². The number of carbonyl (C=O) groups is 1. The summed E-state index contributed by atoms with van der Waals surface area (Å²) in [5, 5.41) is 17.2. The maximum Gasteiger partial charge on any atom is 0.417 e. The van der Waals surface area contributed by atoms with Crippen molar-refractivity contribution in [1.29, 1.82) is 0 Å². The van der Waals surface area contributed by atoms with Crippen LogP contribution in [0.5, 0.6) is 11.5 Å². The summed E-state index contributed by atoms with van der Waals surface area (Å²) in [6.07, 6.45) is 5.72. The molecule has 1 aliphatic rings. The average Bonchev–Trinajstić information content (AvgIpc) is 3.48. The van der Waals surface area contributed by atoms with Gasteiger partial charge in [0.2, 0.25) is 5.95 Å². The number of halogens is 1. The molecule has 1 amide bonds. The third kappa shape index (κ3) is 6.12. The predicted molar refractivity (Wildman–Crippen MR) is 148 cm³/mol. The van der Waals surface area contributed by atoms with E-state index in [0.717, 1.165) is 30.8 Å². The highest BCUT2D eigenvalue weighted by molar-refractivity contribution is 5.95. The molecule has 1 fully saturated rings. The molecule has 12 heteroatoms. The molecule has 0 bridgehead atoms. The first-order valence-electron chi connectivity index (χ1n) is 12.8. The molecule has 0 spiro atoms. The zero-order valence-electron chi connectivity index (χ0n) is 22.2. The van der Waals surface area contributed by atoms with Crippen LogP contribution in [0.15, 0.2) is 67.1 Å². The van der Waals surface area contributed by atoms with Gasteiger partial charge < -0.3 is 24.8 Å². The summed E-state index contributed by atoms with van der Waals surface area (Å²) in [5.74, 6) is 0.503. The Hall–Kier alpha value is -4.71. The fourth-order valence-electron chi connectivity index (χ4n) is 4.72. The van der Waals surface area contributed by atoms with Gasteiger partial charge in [-0.05, 0) is 56.8 Å². The monoisotopic (exact) mass is 547 g/mol. The van der Waals surface area contributed by atoms with Crippen LogP contribution in [-0.2, 0) is 0 Å². The van der Waals surface area contributed by atoms with Gasteiger partial charge in [0.05, 0.1) is 25.1 Å². The SMILES string of the molecule is COc1cc(-n2cccn2)ccc1N(C(=O)O)c1ccnc(Nc2ccc(OCC3CCCN(C)C3)c(F)c2)n1. The number of anilines is 4. The number of methoxy groups -OCH3 is 1. The Morgan fingerprint density at radius 2 is 2.08 bits per heavy atom. The number of nitrogens with one attached hydrogen (secondary N) is 1. The van der Waals surface area contributed by atoms with E-state index in [2.05, 4.69) is 32.3 Å². The van der Waals surface area contributed by atoms with Gasteiger partial charge in [0.1, 0.15) is 11.6 Å². The lowest BCUT2D eigenvalue weighted by Crippen LogP contribution is -2.34. The van der Waals surface area contributed by atoms with Gasteiger partial charge in [-0.1, -0.05) is 0 Å². The van der Waals surface area contributed by atoms with E-state index in [1.54, 1.807) is 53.5 Å². The fraction of sp³-hybridized carbons (Fsp3) is 0.286. The van der Waals surface area contributed by atoms with Crippen LogP contribution in [0.25, 0.3) is 5.69 Å². The first-order chi connectivity index (χ1) is 19.4. The molecule has 0 saturated carbocycles. The summed E-state index contributed by atoms with van der Waals surface area (Å²) >= 11 is 0. The standard InChI is InChI=1S/C28H30FN7O4/c1-34-13-3-5-19(17-34)18-40-24-9-6-20(15-22(24)29)32-27-30-12-10-26(33-27)36(28(37)38)23-8-7-21(16-25(23)39-2)35-14-4-11-31-35/h4,6-12,14-16,19H,3,5,13,17-18H2,1-2H3,(H,37,38)(H,30,32,33). The van der Waals surface area contributed by atoms with Gasteiger partial charge in [-0.25, -0.2) is 23.8 Å². The normalized spacial score (nSPS) is 15.4. The summed E-state index contributed by atoms with van der Waals surface area (Å²) in [6, 6.07) is 12.8. The van der Waals surface area contributed by atoms with Gasteiger partial charge in [0, 0.05) is 54.9 Å². The number of benzene rings is 2. The van der Waals surface area contributed by atoms with Crippen molar-refractivity contribution in [2.45, 2.75) is 12.8 Å². The van der Waals surface area contributed by atoms with Crippen LogP contribution in [0.2, 0.25) is 0 Å². The van der Waals surface area contributed by atoms with Gasteiger partial charge in [0.25, 0.3) is 0 Å². The third-order valence-electron chi connectivity index (χ3n) is 6.62. The van der Waals surface area contributed by atoms with Gasteiger partial charge in [0.15, 0.2) is 11.6 Å². The Balaban J connectivity index is 1.32. The quantitative estimate of drug-likeness (QED) is 0.295. The van der Waals surface area contributed by atoms with E-state index in [9.17, 15) is 14.3 Å². The van der Waals surface area contributed by atoms with E-state index in [4.69, 9.17) is 9.47 Å². The topological polar surface area (TPSA) is 118 Å². The molecule has 1 atom stereocenters. The lowest BCUT2D eigenvalue weighted by Gasteiger charge is -2.29. The van der Waals surface area contributed by atoms with Crippen molar-refractivity contribution in [3.05, 3.63) is 72.9 Å². The number of hydrogen-bond donors (Lipinski definition) is 2. The Labute approximate surface area is 230 Å². The van der Waals surface area contributed by atoms with Crippen molar-refractivity contribution < 1.29 is 23.8 Å². The van der Waals surface area contributed by atoms with Crippen LogP contribution in [0.4, 0.5) is 32.3 Å². The fourth-order valence-corrected chi connectivity index (χ4v) is 4.72. The molecule has 40 heavy (non-hydrogen) atoms. The number of hydrogen-bond acceptors (Lipinski definition) is 8. The largest absolute Gasteiger partial charge is 0.494 e. The number of carboxylic acid groups (broad SMARTS) is 1. The highest BCUT2D eigenvalue weighted by atomic mass is 19.1. The highest BCUT2D eigenvalue weighted by Gasteiger charge is 2.24. The third-order valence-corrected chi connectivity index (χ3v) is 6.62. The lowest BCUT2D eigenvalue weighted by molar-refractivity contribution is 0.147. The van der Waals surface area contributed by atoms with Gasteiger partial charge in [-0.2, -0.15) is 10.1 Å². The molecule has 1 unspecified atom stereocenters. The molecule has 5 rings (SSSR count). The number of amides is 1. The second kappa shape index (κ2) is 12.0. The van der Waals surface area contributed by atoms with Crippen LogP contribution in [0, 0.1) is 11.7 Å². The van der Waals surface area contributed by atoms with E-state index in [-0.39, 0.29) is 23.2 Å². The zero-order valence-corrected chi connectivity index (χ0v) is 22.2. The first kappa shape index (κ1) is 26.9. The van der Waals surface area contributed by atoms with Gasteiger partial charge in [-0.15, -0.1) is 0 Å². The summed E-state index contributed by atoms with van der Waals surface area (Å²) in [4.78, 5) is 24.1. The van der Waals surface area contributed by atoms with E-state index in [1.807, 2.05) is 0 Å². The lowest BCUT2D eigenvalue weighted by atomic mass is 10.00. The summed E-state index contributed by atoms with van der Waals surface area (Å²) in [6.45, 7) is 2.46. The molecule has 0 aliphatic carbocycles. The summed E-state index contributed by atoms with van der Waals surface area (Å²) in [5.41, 5.74) is 1.34. The Morgan fingerprint density at radius 3 is 2.80 bits per heavy atom. The molecule has 11 nitrogen and oxygen atoms in total. The number of nitrogens with zero attached hydrogens (tertiary/aromatic N) is 6. The van der Waals surface area contributed by atoms with Crippen LogP contribution >= 0.6 is 0 Å². The highest BCUT2D eigenvalue weighted by Crippen LogP contribution is 2.35. The Kier molecular flexibility index (Phi) is 8.06. The molecular weight excluding hydrogens is 517 g/mol. The minimum Gasteiger partial charge on any atom is -0.494 e. The van der Waals surface area contributed by atoms with Gasteiger partial charge in [-0.3, -0.25) is 0 Å². The summed E-state index contributed by atoms with van der Waals surface area (Å²) in [7, 11) is 3.53. The predicted octanol–water partition coefficient (Wildman–Crippen LogP) is 5.09. The number of ether oxygens (including phenoxy) is 2. The maximum atomic E-state index is 14.8. The van der Waals surface area contributed by atoms with Crippen molar-refractivity contribution >= 4 is 29.2 Å². The van der Waals surface area contributed by atoms with Crippen LogP contribution in [0.1, 0.15) is 12.8 Å². The Bertz CT molecular complexity index is 1470. The van der Waals surface area contributed by atoms with Gasteiger partial charge >= 0.3 is 6.09 Å². The molecule has 2 aromatic carbocycles. The van der Waals surface area contributed by atoms with Crippen molar-refractivity contribution in [1.82, 2.24) is 24.6 Å². The van der Waals surface area contributed by atoms with Crippen LogP contribution in [-0.4, -0.2) is 69.7 Å². The van der Waals surface area contributed by atoms with E-state index in [1.165, 1.54) is 25.4 Å². The first-order valence-corrected chi connectivity index (χ1v) is 12.8. The number of likely N-dealkylation sites (tertiary alicyclic amines) is 1. The summed E-state index contributed by atoms with van der Waals surface area (Å²) < 4.78 is 27.7. The molecule has 3 heterocycles. The van der Waals surface area contributed by atoms with Crippen molar-refractivity contribution in [3.8, 4) is 17.2 Å². The van der Waals surface area contributed by atoms with Crippen LogP contribution in [0.3, 0.4) is 0 Å². The number of piperidine rings is 1. The smallest absolute Gasteiger partial charge is 0.417 e. The second-order valence-electron chi connectivity index (χ2n) is 9.51. The van der Waals surface area contributed by atoms with E-state index in [0.29, 0.717) is 29.6 Å². The van der Waals surface area contributed by atoms with Crippen molar-refractivity contribution in [2.24, 2.45) is 5.92 Å². The molecule has 4 aromatic rings. The molecular formula is C28H30FN7O4. The molecule has 1 saturated heterocycles. The minimum atomic E-state index is -1.27. The maximum absolute atomic E-state index is 14.8. The minimum absolute atomic E-state index is 0.0769. The van der Waals surface area contributed by atoms with E-state index >= 15 is 0 Å². The molecule has 0 radical (unpaired) electrons. The second-order valence-corrected chi connectivity index (χ2v) is 9.51. The molecule has 208 valence electrons. The zero-order chi connectivity index (χ0) is 28.1. The molecule has 2 N–H and O–H groups in total. The van der Waals surface area contributed by atoms with Crippen LogP contribution < -0.4 is 19.7 Å². The number of rotatable bonds is 9. The van der Waals surface area contributed by atoms with Crippen molar-refractivity contribution in [3.63, 3.8) is 0 Å². The Morgan fingerprint density at radius 1 is 1.20 bits per heavy atom. The number of aromatic nitrogens is 4. The van der Waals surface area contributed by atoms with Crippen molar-refractivity contribution in [2.75, 3.05) is 44.1 Å². The molecule has 2 aromatic heterocycles. The molecule has 1 aliphatic heterocycles.